The fourth-order valence-corrected chi connectivity index (χ4v) is 0.353. The summed E-state index contributed by atoms with van der Waals surface area (Å²) in [5, 5.41) is 2.91. The molecule has 0 aromatic carbocycles. The zero-order valence-corrected chi connectivity index (χ0v) is 5.24. The normalized spacial score (nSPS) is 9.25. The third kappa shape index (κ3) is 3.81. The molecule has 0 aromatic rings. The van der Waals surface area contributed by atoms with Gasteiger partial charge in [0.25, 0.3) is 0 Å². The minimum Gasteiger partial charge on any atom is -0.310 e. The standard InChI is InChI=1S/C6H12NO/c1-3-6(8)5-7-4-2/h7H,1,3-5H2,2H3. The summed E-state index contributed by atoms with van der Waals surface area (Å²) in [6.45, 7) is 6.74. The minimum atomic E-state index is 0.173. The summed E-state index contributed by atoms with van der Waals surface area (Å²) in [5.41, 5.74) is 0. The van der Waals surface area contributed by atoms with Crippen LogP contribution in [0.4, 0.5) is 0 Å². The van der Waals surface area contributed by atoms with Crippen molar-refractivity contribution in [2.75, 3.05) is 13.1 Å². The highest BCUT2D eigenvalue weighted by atomic mass is 16.1. The Morgan fingerprint density at radius 1 is 1.75 bits per heavy atom. The Kier molecular flexibility index (Phi) is 4.56. The van der Waals surface area contributed by atoms with Gasteiger partial charge >= 0.3 is 0 Å². The van der Waals surface area contributed by atoms with Gasteiger partial charge in [-0.2, -0.15) is 0 Å². The predicted molar refractivity (Wildman–Crippen MR) is 33.5 cm³/mol. The van der Waals surface area contributed by atoms with E-state index in [0.29, 0.717) is 13.0 Å². The molecular formula is C6H12NO. The molecule has 0 fully saturated rings. The van der Waals surface area contributed by atoms with Crippen molar-refractivity contribution in [2.45, 2.75) is 13.3 Å². The molecule has 0 amide bonds. The zero-order valence-electron chi connectivity index (χ0n) is 5.24. The van der Waals surface area contributed by atoms with Crippen molar-refractivity contribution >= 4 is 5.78 Å². The maximum atomic E-state index is 10.4. The molecule has 0 bridgehead atoms. The van der Waals surface area contributed by atoms with Crippen molar-refractivity contribution in [1.82, 2.24) is 5.32 Å². The molecule has 0 aliphatic carbocycles. The van der Waals surface area contributed by atoms with Crippen LogP contribution in [0.1, 0.15) is 13.3 Å². The topological polar surface area (TPSA) is 29.1 Å². The van der Waals surface area contributed by atoms with E-state index in [1.165, 1.54) is 0 Å². The lowest BCUT2D eigenvalue weighted by atomic mass is 10.3. The summed E-state index contributed by atoms with van der Waals surface area (Å²) in [4.78, 5) is 10.4. The molecule has 0 saturated carbocycles. The first-order chi connectivity index (χ1) is 3.81. The Hall–Kier alpha value is -0.370. The van der Waals surface area contributed by atoms with Crippen LogP contribution < -0.4 is 5.32 Å². The number of Topliss-reactive ketones (excluding diaryl/α,β-unsaturated/α-hetero) is 1. The molecule has 47 valence electrons. The molecule has 1 radical (unpaired) electrons. The van der Waals surface area contributed by atoms with Gasteiger partial charge in [0.1, 0.15) is 5.78 Å². The third-order valence-corrected chi connectivity index (χ3v) is 0.851. The van der Waals surface area contributed by atoms with Crippen LogP contribution in [0.25, 0.3) is 0 Å². The van der Waals surface area contributed by atoms with E-state index in [9.17, 15) is 4.79 Å². The van der Waals surface area contributed by atoms with Crippen molar-refractivity contribution in [2.24, 2.45) is 0 Å². The molecule has 0 saturated heterocycles. The first-order valence-corrected chi connectivity index (χ1v) is 2.83. The summed E-state index contributed by atoms with van der Waals surface area (Å²) in [6.07, 6.45) is 0.396. The summed E-state index contributed by atoms with van der Waals surface area (Å²) in [7, 11) is 0. The maximum absolute atomic E-state index is 10.4. The highest BCUT2D eigenvalue weighted by molar-refractivity contribution is 5.80. The number of nitrogens with one attached hydrogen (secondary N) is 1. The second-order valence-corrected chi connectivity index (χ2v) is 1.57. The highest BCUT2D eigenvalue weighted by Crippen LogP contribution is 1.74. The second kappa shape index (κ2) is 4.78. The van der Waals surface area contributed by atoms with Crippen molar-refractivity contribution < 1.29 is 4.79 Å². The van der Waals surface area contributed by atoms with Gasteiger partial charge in [0.15, 0.2) is 0 Å². The Balaban J connectivity index is 2.99. The number of hydrogen-bond donors (Lipinski definition) is 1. The van der Waals surface area contributed by atoms with Crippen molar-refractivity contribution in [1.29, 1.82) is 0 Å². The predicted octanol–water partition coefficient (Wildman–Crippen LogP) is 0.389. The largest absolute Gasteiger partial charge is 0.310 e. The number of ketones is 1. The molecule has 0 spiro atoms. The van der Waals surface area contributed by atoms with E-state index in [-0.39, 0.29) is 5.78 Å². The molecule has 2 nitrogen and oxygen atoms in total. The SMILES string of the molecule is [CH2]CC(=O)CNCC. The lowest BCUT2D eigenvalue weighted by Crippen LogP contribution is -2.21. The number of likely N-dealkylation sites (N-methyl/N-ethyl adjacent to an activating group) is 1. The monoisotopic (exact) mass is 114 g/mol. The third-order valence-electron chi connectivity index (χ3n) is 0.851. The first kappa shape index (κ1) is 7.63. The van der Waals surface area contributed by atoms with Gasteiger partial charge in [-0.3, -0.25) is 4.79 Å². The lowest BCUT2D eigenvalue weighted by Gasteiger charge is -1.94. The van der Waals surface area contributed by atoms with Gasteiger partial charge in [0.2, 0.25) is 0 Å². The number of hydrogen-bond acceptors (Lipinski definition) is 2. The highest BCUT2D eigenvalue weighted by Gasteiger charge is 1.92. The van der Waals surface area contributed by atoms with Gasteiger partial charge in [-0.15, -0.1) is 0 Å². The van der Waals surface area contributed by atoms with Crippen LogP contribution in [-0.2, 0) is 4.79 Å². The molecule has 0 unspecified atom stereocenters. The van der Waals surface area contributed by atoms with Crippen LogP contribution in [-0.4, -0.2) is 18.9 Å². The van der Waals surface area contributed by atoms with Crippen molar-refractivity contribution in [3.05, 3.63) is 6.92 Å². The van der Waals surface area contributed by atoms with E-state index in [2.05, 4.69) is 12.2 Å². The van der Waals surface area contributed by atoms with E-state index in [4.69, 9.17) is 0 Å². The molecule has 0 aromatic heterocycles. The molecule has 0 rings (SSSR count). The van der Waals surface area contributed by atoms with Crippen LogP contribution in [0.2, 0.25) is 0 Å². The Morgan fingerprint density at radius 3 is 2.75 bits per heavy atom. The van der Waals surface area contributed by atoms with Crippen molar-refractivity contribution in [3.8, 4) is 0 Å². The van der Waals surface area contributed by atoms with Gasteiger partial charge in [0, 0.05) is 6.42 Å². The zero-order chi connectivity index (χ0) is 6.41. The summed E-state index contributed by atoms with van der Waals surface area (Å²) in [6, 6.07) is 0. The minimum absolute atomic E-state index is 0.173. The fourth-order valence-electron chi connectivity index (χ4n) is 0.353. The molecule has 1 N–H and O–H groups in total. The first-order valence-electron chi connectivity index (χ1n) is 2.83. The Bertz CT molecular complexity index is 70.9. The van der Waals surface area contributed by atoms with E-state index in [1.807, 2.05) is 6.92 Å². The molecule has 8 heavy (non-hydrogen) atoms. The van der Waals surface area contributed by atoms with Crippen LogP contribution in [0.5, 0.6) is 0 Å². The van der Waals surface area contributed by atoms with Gasteiger partial charge in [-0.25, -0.2) is 0 Å². The number of rotatable bonds is 4. The van der Waals surface area contributed by atoms with Crippen LogP contribution in [0, 0.1) is 6.92 Å². The second-order valence-electron chi connectivity index (χ2n) is 1.57. The quantitative estimate of drug-likeness (QED) is 0.572. The fraction of sp³-hybridized carbons (Fsp3) is 0.667. The molecule has 0 aliphatic heterocycles. The molecule has 2 heteroatoms. The Morgan fingerprint density at radius 2 is 2.38 bits per heavy atom. The van der Waals surface area contributed by atoms with Crippen LogP contribution in [0.15, 0.2) is 0 Å². The van der Waals surface area contributed by atoms with Gasteiger partial charge in [-0.05, 0) is 13.5 Å². The summed E-state index contributed by atoms with van der Waals surface area (Å²) in [5.74, 6) is 0.173. The van der Waals surface area contributed by atoms with Crippen molar-refractivity contribution in [3.63, 3.8) is 0 Å². The average molecular weight is 114 g/mol. The smallest absolute Gasteiger partial charge is 0.146 e. The molecule has 0 atom stereocenters. The van der Waals surface area contributed by atoms with E-state index < -0.39 is 0 Å². The molecule has 0 heterocycles. The van der Waals surface area contributed by atoms with E-state index >= 15 is 0 Å². The van der Waals surface area contributed by atoms with E-state index in [1.54, 1.807) is 0 Å². The van der Waals surface area contributed by atoms with Gasteiger partial charge in [-0.1, -0.05) is 6.92 Å². The summed E-state index contributed by atoms with van der Waals surface area (Å²) < 4.78 is 0. The number of carbonyl (C=O) groups is 1. The molecule has 0 aliphatic rings. The molecular weight excluding hydrogens is 102 g/mol. The number of carbonyl (C=O) groups excluding carboxylic acids is 1. The van der Waals surface area contributed by atoms with Crippen LogP contribution in [0.3, 0.4) is 0 Å². The summed E-state index contributed by atoms with van der Waals surface area (Å²) >= 11 is 0. The maximum Gasteiger partial charge on any atom is 0.146 e. The van der Waals surface area contributed by atoms with Gasteiger partial charge < -0.3 is 5.32 Å². The van der Waals surface area contributed by atoms with E-state index in [0.717, 1.165) is 6.54 Å². The lowest BCUT2D eigenvalue weighted by molar-refractivity contribution is -0.117. The Labute approximate surface area is 50.3 Å². The van der Waals surface area contributed by atoms with Crippen LogP contribution >= 0.6 is 0 Å². The average Bonchev–Trinajstić information content (AvgIpc) is 1.83. The van der Waals surface area contributed by atoms with Gasteiger partial charge in [0.05, 0.1) is 6.54 Å².